The van der Waals surface area contributed by atoms with Crippen molar-refractivity contribution in [1.29, 1.82) is 0 Å². The monoisotopic (exact) mass is 272 g/mol. The SMILES string of the molecule is CCOCCCNCC(C)N(C)CC1CCOCC1. The molecule has 4 heteroatoms. The van der Waals surface area contributed by atoms with Gasteiger partial charge in [-0.05, 0) is 52.6 Å². The second kappa shape index (κ2) is 10.6. The van der Waals surface area contributed by atoms with E-state index in [2.05, 4.69) is 24.2 Å². The molecule has 1 atom stereocenters. The molecule has 0 radical (unpaired) electrons. The van der Waals surface area contributed by atoms with Crippen LogP contribution < -0.4 is 5.32 Å². The van der Waals surface area contributed by atoms with Gasteiger partial charge in [-0.2, -0.15) is 0 Å². The van der Waals surface area contributed by atoms with Crippen molar-refractivity contribution < 1.29 is 9.47 Å². The predicted octanol–water partition coefficient (Wildman–Crippen LogP) is 1.75. The third-order valence-corrected chi connectivity index (χ3v) is 3.93. The molecule has 114 valence electrons. The molecule has 0 amide bonds. The summed E-state index contributed by atoms with van der Waals surface area (Å²) in [4.78, 5) is 2.48. The third kappa shape index (κ3) is 7.88. The molecule has 1 fully saturated rings. The van der Waals surface area contributed by atoms with Crippen LogP contribution in [0.25, 0.3) is 0 Å². The van der Waals surface area contributed by atoms with E-state index in [0.29, 0.717) is 6.04 Å². The topological polar surface area (TPSA) is 33.7 Å². The average molecular weight is 272 g/mol. The molecule has 1 unspecified atom stereocenters. The minimum atomic E-state index is 0.593. The van der Waals surface area contributed by atoms with Crippen LogP contribution in [-0.2, 0) is 9.47 Å². The lowest BCUT2D eigenvalue weighted by molar-refractivity contribution is 0.0513. The number of likely N-dealkylation sites (N-methyl/N-ethyl adjacent to an activating group) is 1. The Bertz CT molecular complexity index is 208. The molecule has 0 aromatic carbocycles. The lowest BCUT2D eigenvalue weighted by atomic mass is 9.99. The van der Waals surface area contributed by atoms with E-state index >= 15 is 0 Å². The molecule has 19 heavy (non-hydrogen) atoms. The minimum Gasteiger partial charge on any atom is -0.382 e. The van der Waals surface area contributed by atoms with E-state index in [-0.39, 0.29) is 0 Å². The highest BCUT2D eigenvalue weighted by Gasteiger charge is 2.18. The zero-order chi connectivity index (χ0) is 13.9. The molecule has 1 heterocycles. The van der Waals surface area contributed by atoms with Gasteiger partial charge in [0.25, 0.3) is 0 Å². The van der Waals surface area contributed by atoms with Crippen molar-refractivity contribution in [2.75, 3.05) is 53.1 Å². The number of nitrogens with zero attached hydrogens (tertiary/aromatic N) is 1. The Morgan fingerprint density at radius 2 is 2.11 bits per heavy atom. The van der Waals surface area contributed by atoms with Crippen molar-refractivity contribution in [3.63, 3.8) is 0 Å². The Morgan fingerprint density at radius 3 is 2.79 bits per heavy atom. The summed E-state index contributed by atoms with van der Waals surface area (Å²) in [7, 11) is 2.24. The van der Waals surface area contributed by atoms with Gasteiger partial charge in [-0.1, -0.05) is 0 Å². The first-order valence-electron chi connectivity index (χ1n) is 7.80. The highest BCUT2D eigenvalue weighted by Crippen LogP contribution is 2.16. The van der Waals surface area contributed by atoms with Gasteiger partial charge in [0, 0.05) is 45.6 Å². The number of rotatable bonds is 10. The second-order valence-corrected chi connectivity index (χ2v) is 5.60. The summed E-state index contributed by atoms with van der Waals surface area (Å²) in [5, 5.41) is 3.52. The fourth-order valence-electron chi connectivity index (χ4n) is 2.43. The Morgan fingerprint density at radius 1 is 1.37 bits per heavy atom. The summed E-state index contributed by atoms with van der Waals surface area (Å²) in [6.45, 7) is 11.2. The van der Waals surface area contributed by atoms with E-state index in [4.69, 9.17) is 9.47 Å². The molecule has 1 aliphatic rings. The molecule has 0 aromatic rings. The lowest BCUT2D eigenvalue weighted by Gasteiger charge is -2.31. The quantitative estimate of drug-likeness (QED) is 0.614. The van der Waals surface area contributed by atoms with Gasteiger partial charge in [0.2, 0.25) is 0 Å². The fourth-order valence-corrected chi connectivity index (χ4v) is 2.43. The summed E-state index contributed by atoms with van der Waals surface area (Å²) in [6, 6.07) is 0.593. The number of ether oxygens (including phenoxy) is 2. The van der Waals surface area contributed by atoms with E-state index in [9.17, 15) is 0 Å². The maximum absolute atomic E-state index is 5.41. The van der Waals surface area contributed by atoms with E-state index in [1.54, 1.807) is 0 Å². The molecule has 0 aliphatic carbocycles. The zero-order valence-corrected chi connectivity index (χ0v) is 13.0. The largest absolute Gasteiger partial charge is 0.382 e. The predicted molar refractivity (Wildman–Crippen MR) is 79.6 cm³/mol. The summed E-state index contributed by atoms with van der Waals surface area (Å²) in [5.74, 6) is 0.819. The van der Waals surface area contributed by atoms with E-state index in [1.807, 2.05) is 6.92 Å². The molecule has 0 bridgehead atoms. The Hall–Kier alpha value is -0.160. The first-order chi connectivity index (χ1) is 9.24. The zero-order valence-electron chi connectivity index (χ0n) is 13.0. The van der Waals surface area contributed by atoms with Crippen LogP contribution in [0.4, 0.5) is 0 Å². The lowest BCUT2D eigenvalue weighted by Crippen LogP contribution is -2.41. The highest BCUT2D eigenvalue weighted by molar-refractivity contribution is 4.72. The van der Waals surface area contributed by atoms with Crippen molar-refractivity contribution >= 4 is 0 Å². The second-order valence-electron chi connectivity index (χ2n) is 5.60. The van der Waals surface area contributed by atoms with Crippen LogP contribution in [0.15, 0.2) is 0 Å². The van der Waals surface area contributed by atoms with Gasteiger partial charge in [-0.25, -0.2) is 0 Å². The van der Waals surface area contributed by atoms with Crippen molar-refractivity contribution in [1.82, 2.24) is 10.2 Å². The van der Waals surface area contributed by atoms with Gasteiger partial charge < -0.3 is 19.7 Å². The smallest absolute Gasteiger partial charge is 0.0477 e. The van der Waals surface area contributed by atoms with Gasteiger partial charge in [0.1, 0.15) is 0 Å². The van der Waals surface area contributed by atoms with Gasteiger partial charge in [0.05, 0.1) is 0 Å². The fraction of sp³-hybridized carbons (Fsp3) is 1.00. The van der Waals surface area contributed by atoms with Crippen LogP contribution in [0.3, 0.4) is 0 Å². The van der Waals surface area contributed by atoms with E-state index in [0.717, 1.165) is 51.9 Å². The Kier molecular flexibility index (Phi) is 9.43. The summed E-state index contributed by atoms with van der Waals surface area (Å²) < 4.78 is 10.7. The van der Waals surface area contributed by atoms with Gasteiger partial charge in [-0.15, -0.1) is 0 Å². The molecule has 1 N–H and O–H groups in total. The third-order valence-electron chi connectivity index (χ3n) is 3.93. The summed E-state index contributed by atoms with van der Waals surface area (Å²) in [6.07, 6.45) is 3.54. The Labute approximate surface area is 118 Å². The van der Waals surface area contributed by atoms with Crippen molar-refractivity contribution in [3.8, 4) is 0 Å². The molecular weight excluding hydrogens is 240 g/mol. The number of hydrogen-bond acceptors (Lipinski definition) is 4. The van der Waals surface area contributed by atoms with Gasteiger partial charge in [0.15, 0.2) is 0 Å². The maximum atomic E-state index is 5.41. The van der Waals surface area contributed by atoms with Gasteiger partial charge in [-0.3, -0.25) is 0 Å². The van der Waals surface area contributed by atoms with Crippen molar-refractivity contribution in [2.45, 2.75) is 39.2 Å². The standard InChI is InChI=1S/C15H32N2O2/c1-4-18-9-5-8-16-12-14(2)17(3)13-15-6-10-19-11-7-15/h14-16H,4-13H2,1-3H3. The van der Waals surface area contributed by atoms with E-state index in [1.165, 1.54) is 19.4 Å². The highest BCUT2D eigenvalue weighted by atomic mass is 16.5. The van der Waals surface area contributed by atoms with Crippen molar-refractivity contribution in [2.24, 2.45) is 5.92 Å². The van der Waals surface area contributed by atoms with Crippen LogP contribution in [0.5, 0.6) is 0 Å². The maximum Gasteiger partial charge on any atom is 0.0477 e. The van der Waals surface area contributed by atoms with Crippen LogP contribution in [-0.4, -0.2) is 64.1 Å². The molecule has 0 aromatic heterocycles. The molecule has 1 aliphatic heterocycles. The average Bonchev–Trinajstić information content (AvgIpc) is 2.43. The molecule has 0 saturated carbocycles. The Balaban J connectivity index is 2.02. The van der Waals surface area contributed by atoms with Crippen LogP contribution in [0.2, 0.25) is 0 Å². The summed E-state index contributed by atoms with van der Waals surface area (Å²) in [5.41, 5.74) is 0. The number of hydrogen-bond donors (Lipinski definition) is 1. The van der Waals surface area contributed by atoms with Crippen LogP contribution in [0.1, 0.15) is 33.1 Å². The van der Waals surface area contributed by atoms with Crippen molar-refractivity contribution in [3.05, 3.63) is 0 Å². The molecule has 1 saturated heterocycles. The van der Waals surface area contributed by atoms with Crippen LogP contribution in [0, 0.1) is 5.92 Å². The first-order valence-corrected chi connectivity index (χ1v) is 7.80. The molecule has 4 nitrogen and oxygen atoms in total. The molecular formula is C15H32N2O2. The van der Waals surface area contributed by atoms with Gasteiger partial charge >= 0.3 is 0 Å². The summed E-state index contributed by atoms with van der Waals surface area (Å²) >= 11 is 0. The molecule has 0 spiro atoms. The number of nitrogens with one attached hydrogen (secondary N) is 1. The normalized spacial score (nSPS) is 18.9. The molecule has 1 rings (SSSR count). The van der Waals surface area contributed by atoms with E-state index < -0.39 is 0 Å². The van der Waals surface area contributed by atoms with Crippen LogP contribution >= 0.6 is 0 Å². The minimum absolute atomic E-state index is 0.593. The first kappa shape index (κ1) is 16.9.